The van der Waals surface area contributed by atoms with Crippen LogP contribution in [0, 0.1) is 0 Å². The second kappa shape index (κ2) is 12.8. The predicted molar refractivity (Wildman–Crippen MR) is 131 cm³/mol. The minimum atomic E-state index is -3.37. The van der Waals surface area contributed by atoms with Gasteiger partial charge in [0.25, 0.3) is 0 Å². The van der Waals surface area contributed by atoms with Crippen LogP contribution in [-0.4, -0.2) is 34.0 Å². The van der Waals surface area contributed by atoms with Gasteiger partial charge < -0.3 is 10.6 Å². The Kier molecular flexibility index (Phi) is 11.2. The van der Waals surface area contributed by atoms with Gasteiger partial charge in [-0.05, 0) is 37.0 Å². The van der Waals surface area contributed by atoms with Crippen LogP contribution in [0.25, 0.3) is 0 Å². The number of benzene rings is 2. The molecule has 0 spiro atoms. The fourth-order valence-electron chi connectivity index (χ4n) is 2.85. The van der Waals surface area contributed by atoms with Crippen molar-refractivity contribution in [1.29, 1.82) is 0 Å². The molecule has 0 heterocycles. The normalized spacial score (nSPS) is 11.8. The molecule has 8 heteroatoms. The van der Waals surface area contributed by atoms with Gasteiger partial charge in [0.1, 0.15) is 0 Å². The maximum absolute atomic E-state index is 12.3. The van der Waals surface area contributed by atoms with Gasteiger partial charge in [-0.25, -0.2) is 13.1 Å². The van der Waals surface area contributed by atoms with E-state index < -0.39 is 10.0 Å². The maximum Gasteiger partial charge on any atom is 0.216 e. The predicted octanol–water partition coefficient (Wildman–Crippen LogP) is 3.04. The number of rotatable bonds is 9. The molecule has 2 aromatic carbocycles. The minimum absolute atomic E-state index is 0. The summed E-state index contributed by atoms with van der Waals surface area (Å²) >= 11 is 0. The Bertz CT molecular complexity index is 871. The molecule has 3 N–H and O–H groups in total. The lowest BCUT2D eigenvalue weighted by Crippen LogP contribution is -2.38. The zero-order valence-corrected chi connectivity index (χ0v) is 20.3. The number of guanidine groups is 1. The molecule has 0 aliphatic heterocycles. The number of hydrogen-bond acceptors (Lipinski definition) is 3. The third kappa shape index (κ3) is 9.60. The van der Waals surface area contributed by atoms with Crippen molar-refractivity contribution >= 4 is 40.0 Å². The van der Waals surface area contributed by atoms with Crippen LogP contribution >= 0.6 is 24.0 Å². The second-order valence-corrected chi connectivity index (χ2v) is 8.64. The van der Waals surface area contributed by atoms with Gasteiger partial charge in [-0.15, -0.1) is 24.0 Å². The van der Waals surface area contributed by atoms with Crippen LogP contribution in [-0.2, 0) is 28.7 Å². The molecule has 2 aromatic rings. The van der Waals surface area contributed by atoms with Gasteiger partial charge in [-0.1, -0.05) is 54.6 Å². The van der Waals surface area contributed by atoms with Crippen molar-refractivity contribution in [2.45, 2.75) is 38.6 Å². The smallest absolute Gasteiger partial charge is 0.216 e. The highest BCUT2D eigenvalue weighted by Gasteiger charge is 2.15. The van der Waals surface area contributed by atoms with E-state index in [1.54, 1.807) is 7.05 Å². The van der Waals surface area contributed by atoms with Gasteiger partial charge in [0.05, 0.1) is 5.75 Å². The number of hydrogen-bond donors (Lipinski definition) is 3. The number of nitrogens with one attached hydrogen (secondary N) is 3. The molecule has 160 valence electrons. The molecule has 0 aliphatic carbocycles. The fraction of sp³-hybridized carbons (Fsp3) is 0.381. The van der Waals surface area contributed by atoms with Crippen LogP contribution in [0.1, 0.15) is 30.5 Å². The lowest BCUT2D eigenvalue weighted by atomic mass is 10.1. The molecule has 6 nitrogen and oxygen atoms in total. The number of sulfonamides is 1. The largest absolute Gasteiger partial charge is 0.356 e. The molecule has 0 radical (unpaired) electrons. The highest BCUT2D eigenvalue weighted by molar-refractivity contribution is 14.0. The molecule has 0 bridgehead atoms. The summed E-state index contributed by atoms with van der Waals surface area (Å²) in [6.45, 7) is 4.89. The first kappa shape index (κ1) is 25.4. The molecule has 0 aromatic heterocycles. The Morgan fingerprint density at radius 2 is 1.59 bits per heavy atom. The number of aliphatic imine (C=N–C) groups is 1. The van der Waals surface area contributed by atoms with E-state index in [1.807, 2.05) is 56.3 Å². The van der Waals surface area contributed by atoms with Crippen molar-refractivity contribution in [3.8, 4) is 0 Å². The van der Waals surface area contributed by atoms with E-state index in [0.717, 1.165) is 24.1 Å². The summed E-state index contributed by atoms with van der Waals surface area (Å²) < 4.78 is 27.2. The highest BCUT2D eigenvalue weighted by atomic mass is 127. The lowest BCUT2D eigenvalue weighted by molar-refractivity contribution is 0.568. The maximum atomic E-state index is 12.3. The lowest BCUT2D eigenvalue weighted by Gasteiger charge is -2.15. The first-order valence-corrected chi connectivity index (χ1v) is 11.1. The van der Waals surface area contributed by atoms with E-state index in [-0.39, 0.29) is 35.8 Å². The van der Waals surface area contributed by atoms with E-state index in [4.69, 9.17) is 0 Å². The summed E-state index contributed by atoms with van der Waals surface area (Å²) in [5.41, 5.74) is 2.98. The van der Waals surface area contributed by atoms with Crippen LogP contribution < -0.4 is 15.4 Å². The average Bonchev–Trinajstić information content (AvgIpc) is 2.65. The van der Waals surface area contributed by atoms with Crippen molar-refractivity contribution < 1.29 is 8.42 Å². The number of nitrogens with zero attached hydrogens (tertiary/aromatic N) is 1. The molecule has 2 rings (SSSR count). The summed E-state index contributed by atoms with van der Waals surface area (Å²) in [7, 11) is -1.65. The van der Waals surface area contributed by atoms with Gasteiger partial charge >= 0.3 is 0 Å². The van der Waals surface area contributed by atoms with Crippen LogP contribution in [0.4, 0.5) is 0 Å². The molecule has 29 heavy (non-hydrogen) atoms. The molecule has 0 atom stereocenters. The third-order valence-corrected chi connectivity index (χ3v) is 5.62. The van der Waals surface area contributed by atoms with E-state index in [9.17, 15) is 8.42 Å². The molecular formula is C21H31IN4O2S. The fourth-order valence-corrected chi connectivity index (χ4v) is 4.34. The van der Waals surface area contributed by atoms with Gasteiger partial charge in [-0.3, -0.25) is 4.99 Å². The van der Waals surface area contributed by atoms with Gasteiger partial charge in [0.15, 0.2) is 5.96 Å². The van der Waals surface area contributed by atoms with Crippen molar-refractivity contribution in [1.82, 2.24) is 15.4 Å². The van der Waals surface area contributed by atoms with Gasteiger partial charge in [0.2, 0.25) is 10.0 Å². The van der Waals surface area contributed by atoms with Crippen molar-refractivity contribution in [2.24, 2.45) is 4.99 Å². The zero-order chi connectivity index (χ0) is 20.4. The van der Waals surface area contributed by atoms with E-state index in [0.29, 0.717) is 12.5 Å². The first-order valence-electron chi connectivity index (χ1n) is 9.45. The molecule has 0 saturated heterocycles. The molecule has 0 amide bonds. The summed E-state index contributed by atoms with van der Waals surface area (Å²) in [6.07, 6.45) is 0.900. The molecule has 0 saturated carbocycles. The van der Waals surface area contributed by atoms with Crippen LogP contribution in [0.5, 0.6) is 0 Å². The molecule has 0 fully saturated rings. The summed E-state index contributed by atoms with van der Waals surface area (Å²) in [6, 6.07) is 17.7. The van der Waals surface area contributed by atoms with E-state index >= 15 is 0 Å². The Hall–Kier alpha value is -1.65. The Balaban J connectivity index is 0.00000420. The zero-order valence-electron chi connectivity index (χ0n) is 17.2. The quantitative estimate of drug-likeness (QED) is 0.265. The van der Waals surface area contributed by atoms with Crippen molar-refractivity contribution in [2.75, 3.05) is 13.6 Å². The monoisotopic (exact) mass is 530 g/mol. The Labute approximate surface area is 191 Å². The molecular weight excluding hydrogens is 499 g/mol. The van der Waals surface area contributed by atoms with E-state index in [1.165, 1.54) is 5.56 Å². The highest BCUT2D eigenvalue weighted by Crippen LogP contribution is 2.12. The topological polar surface area (TPSA) is 82.6 Å². The summed E-state index contributed by atoms with van der Waals surface area (Å²) in [5.74, 6) is 0.650. The SMILES string of the molecule is CN=C(NCCc1ccccc1)NCc1ccccc1CS(=O)(=O)NC(C)C.I. The second-order valence-electron chi connectivity index (χ2n) is 6.89. The van der Waals surface area contributed by atoms with Gasteiger partial charge in [-0.2, -0.15) is 0 Å². The van der Waals surface area contributed by atoms with Crippen LogP contribution in [0.3, 0.4) is 0 Å². The molecule has 0 unspecified atom stereocenters. The average molecular weight is 530 g/mol. The summed E-state index contributed by atoms with van der Waals surface area (Å²) in [4.78, 5) is 4.24. The molecule has 0 aliphatic rings. The summed E-state index contributed by atoms with van der Waals surface area (Å²) in [5, 5.41) is 6.55. The first-order chi connectivity index (χ1) is 13.4. The minimum Gasteiger partial charge on any atom is -0.356 e. The van der Waals surface area contributed by atoms with Crippen molar-refractivity contribution in [3.05, 3.63) is 71.3 Å². The Morgan fingerprint density at radius 1 is 0.966 bits per heavy atom. The van der Waals surface area contributed by atoms with E-state index in [2.05, 4.69) is 32.5 Å². The van der Waals surface area contributed by atoms with Crippen LogP contribution in [0.2, 0.25) is 0 Å². The van der Waals surface area contributed by atoms with Gasteiger partial charge in [0, 0.05) is 26.2 Å². The van der Waals surface area contributed by atoms with Crippen molar-refractivity contribution in [3.63, 3.8) is 0 Å². The standard InChI is InChI=1S/C21H30N4O2S.HI/c1-17(2)25-28(26,27)16-20-12-8-7-11-19(20)15-24-21(22-3)23-14-13-18-9-5-4-6-10-18;/h4-12,17,25H,13-16H2,1-3H3,(H2,22,23,24);1H. The number of halogens is 1. The van der Waals surface area contributed by atoms with Crippen LogP contribution in [0.15, 0.2) is 59.6 Å². The Morgan fingerprint density at radius 3 is 2.21 bits per heavy atom. The third-order valence-electron chi connectivity index (χ3n) is 4.10.